The van der Waals surface area contributed by atoms with Crippen LogP contribution in [0.3, 0.4) is 0 Å². The molecular weight excluding hydrogens is 413 g/mol. The number of benzene rings is 3. The number of aromatic hydroxyl groups is 1. The van der Waals surface area contributed by atoms with Crippen molar-refractivity contribution in [2.75, 3.05) is 0 Å². The summed E-state index contributed by atoms with van der Waals surface area (Å²) in [6.45, 7) is 0. The summed E-state index contributed by atoms with van der Waals surface area (Å²) in [5.74, 6) is -1.77. The fourth-order valence-corrected chi connectivity index (χ4v) is 4.62. The van der Waals surface area contributed by atoms with Gasteiger partial charge >= 0.3 is 12.1 Å². The molecule has 1 heterocycles. The lowest BCUT2D eigenvalue weighted by Gasteiger charge is -2.11. The molecule has 0 spiro atoms. The van der Waals surface area contributed by atoms with E-state index in [1.165, 1.54) is 29.5 Å². The minimum atomic E-state index is -4.62. The Morgan fingerprint density at radius 3 is 2.43 bits per heavy atom. The van der Waals surface area contributed by atoms with Gasteiger partial charge in [-0.15, -0.1) is 11.3 Å². The molecule has 152 valence electrons. The summed E-state index contributed by atoms with van der Waals surface area (Å²) >= 11 is 1.41. The van der Waals surface area contributed by atoms with E-state index in [1.807, 2.05) is 30.3 Å². The summed E-state index contributed by atoms with van der Waals surface area (Å²) in [6, 6.07) is 17.7. The highest BCUT2D eigenvalue weighted by Crippen LogP contribution is 2.40. The van der Waals surface area contributed by atoms with Crippen LogP contribution in [-0.2, 0) is 12.6 Å². The van der Waals surface area contributed by atoms with Gasteiger partial charge in [0.15, 0.2) is 0 Å². The molecule has 0 unspecified atom stereocenters. The highest BCUT2D eigenvalue weighted by molar-refractivity contribution is 7.19. The predicted octanol–water partition coefficient (Wildman–Crippen LogP) is 6.58. The van der Waals surface area contributed by atoms with Gasteiger partial charge in [0.05, 0.1) is 11.1 Å². The number of carboxylic acid groups (broad SMARTS) is 1. The zero-order valence-corrected chi connectivity index (χ0v) is 16.2. The van der Waals surface area contributed by atoms with E-state index < -0.39 is 23.5 Å². The van der Waals surface area contributed by atoms with Crippen LogP contribution in [-0.4, -0.2) is 16.2 Å². The van der Waals surface area contributed by atoms with Crippen LogP contribution in [0.25, 0.3) is 21.2 Å². The normalized spacial score (nSPS) is 11.7. The van der Waals surface area contributed by atoms with Crippen LogP contribution in [0.1, 0.15) is 26.4 Å². The van der Waals surface area contributed by atoms with Crippen molar-refractivity contribution >= 4 is 27.4 Å². The molecule has 0 saturated heterocycles. The van der Waals surface area contributed by atoms with Crippen molar-refractivity contribution < 1.29 is 28.2 Å². The van der Waals surface area contributed by atoms with E-state index in [0.29, 0.717) is 0 Å². The van der Waals surface area contributed by atoms with Gasteiger partial charge in [-0.2, -0.15) is 13.2 Å². The zero-order chi connectivity index (χ0) is 21.5. The van der Waals surface area contributed by atoms with Crippen molar-refractivity contribution in [2.24, 2.45) is 0 Å². The summed E-state index contributed by atoms with van der Waals surface area (Å²) in [6.07, 6.45) is -4.47. The second-order valence-corrected chi connectivity index (χ2v) is 7.95. The third-order valence-electron chi connectivity index (χ3n) is 4.81. The van der Waals surface area contributed by atoms with Crippen LogP contribution in [0.2, 0.25) is 0 Å². The van der Waals surface area contributed by atoms with Crippen molar-refractivity contribution in [3.05, 3.63) is 88.3 Å². The molecule has 3 nitrogen and oxygen atoms in total. The van der Waals surface area contributed by atoms with E-state index in [-0.39, 0.29) is 17.5 Å². The lowest BCUT2D eigenvalue weighted by atomic mass is 10.0. The number of hydrogen-bond donors (Lipinski definition) is 2. The molecule has 7 heteroatoms. The molecule has 4 aromatic rings. The van der Waals surface area contributed by atoms with Crippen molar-refractivity contribution in [1.82, 2.24) is 0 Å². The van der Waals surface area contributed by atoms with Crippen molar-refractivity contribution in [3.8, 4) is 16.9 Å². The van der Waals surface area contributed by atoms with Crippen LogP contribution in [0.15, 0.2) is 66.7 Å². The molecule has 0 amide bonds. The second kappa shape index (κ2) is 7.50. The maximum atomic E-state index is 13.1. The van der Waals surface area contributed by atoms with E-state index in [9.17, 15) is 28.2 Å². The Morgan fingerprint density at radius 2 is 1.70 bits per heavy atom. The van der Waals surface area contributed by atoms with E-state index in [2.05, 4.69) is 0 Å². The third-order valence-corrected chi connectivity index (χ3v) is 5.99. The number of halogens is 3. The Bertz CT molecular complexity index is 1260. The highest BCUT2D eigenvalue weighted by Gasteiger charge is 2.34. The number of aromatic carboxylic acids is 1. The van der Waals surface area contributed by atoms with E-state index in [0.717, 1.165) is 32.2 Å². The van der Waals surface area contributed by atoms with Gasteiger partial charge < -0.3 is 10.2 Å². The highest BCUT2D eigenvalue weighted by atomic mass is 32.1. The standard InChI is InChI=1S/C23H15F3O3S/c24-23(25,26)19-9-3-5-14(20(19)27)11-17-12-15-6-2-8-18(21(15)30-17)13-4-1-7-16(10-13)22(28)29/h1-10,12,27H,11H2,(H,28,29). The van der Waals surface area contributed by atoms with Crippen LogP contribution in [0.5, 0.6) is 5.75 Å². The molecule has 0 fully saturated rings. The fraction of sp³-hybridized carbons (Fsp3) is 0.0870. The number of rotatable bonds is 4. The van der Waals surface area contributed by atoms with E-state index in [1.54, 1.807) is 12.1 Å². The maximum absolute atomic E-state index is 13.1. The summed E-state index contributed by atoms with van der Waals surface area (Å²) < 4.78 is 40.1. The molecule has 0 aliphatic rings. The Morgan fingerprint density at radius 1 is 0.967 bits per heavy atom. The zero-order valence-electron chi connectivity index (χ0n) is 15.4. The molecule has 0 atom stereocenters. The van der Waals surface area contributed by atoms with Crippen molar-refractivity contribution in [2.45, 2.75) is 12.6 Å². The molecular formula is C23H15F3O3S. The van der Waals surface area contributed by atoms with E-state index >= 15 is 0 Å². The van der Waals surface area contributed by atoms with Crippen LogP contribution >= 0.6 is 11.3 Å². The second-order valence-electron chi connectivity index (χ2n) is 6.81. The molecule has 3 aromatic carbocycles. The van der Waals surface area contributed by atoms with Gasteiger partial charge in [-0.1, -0.05) is 42.5 Å². The van der Waals surface area contributed by atoms with Gasteiger partial charge in [-0.05, 0) is 46.3 Å². The SMILES string of the molecule is O=C(O)c1cccc(-c2cccc3cc(Cc4cccc(C(F)(F)F)c4O)sc23)c1. The number of alkyl halides is 3. The van der Waals surface area contributed by atoms with Gasteiger partial charge in [0.1, 0.15) is 5.75 Å². The molecule has 30 heavy (non-hydrogen) atoms. The first-order valence-electron chi connectivity index (χ1n) is 8.97. The van der Waals surface area contributed by atoms with Gasteiger partial charge in [0.2, 0.25) is 0 Å². The molecule has 0 radical (unpaired) electrons. The number of phenolic OH excluding ortho intramolecular Hbond substituents is 1. The van der Waals surface area contributed by atoms with Crippen LogP contribution in [0, 0.1) is 0 Å². The molecule has 2 N–H and O–H groups in total. The first-order valence-corrected chi connectivity index (χ1v) is 9.79. The number of carboxylic acids is 1. The number of phenols is 1. The number of fused-ring (bicyclic) bond motifs is 1. The summed E-state index contributed by atoms with van der Waals surface area (Å²) in [7, 11) is 0. The minimum absolute atomic E-state index is 0.156. The lowest BCUT2D eigenvalue weighted by Crippen LogP contribution is -2.06. The van der Waals surface area contributed by atoms with Gasteiger partial charge in [-0.3, -0.25) is 0 Å². The molecule has 4 rings (SSSR count). The lowest BCUT2D eigenvalue weighted by molar-refractivity contribution is -0.138. The Kier molecular flexibility index (Phi) is 4.99. The van der Waals surface area contributed by atoms with Crippen LogP contribution < -0.4 is 0 Å². The Balaban J connectivity index is 1.75. The fourth-order valence-electron chi connectivity index (χ4n) is 3.40. The molecule has 0 saturated carbocycles. The summed E-state index contributed by atoms with van der Waals surface area (Å²) in [4.78, 5) is 12.1. The number of hydrogen-bond acceptors (Lipinski definition) is 3. The Hall–Kier alpha value is -3.32. The summed E-state index contributed by atoms with van der Waals surface area (Å²) in [5.41, 5.74) is 0.921. The summed E-state index contributed by atoms with van der Waals surface area (Å²) in [5, 5.41) is 20.2. The largest absolute Gasteiger partial charge is 0.507 e. The molecule has 0 aliphatic carbocycles. The van der Waals surface area contributed by atoms with Gasteiger partial charge in [-0.25, -0.2) is 4.79 Å². The smallest absolute Gasteiger partial charge is 0.419 e. The quantitative estimate of drug-likeness (QED) is 0.386. The molecule has 0 aliphatic heterocycles. The van der Waals surface area contributed by atoms with Crippen molar-refractivity contribution in [1.29, 1.82) is 0 Å². The van der Waals surface area contributed by atoms with Gasteiger partial charge in [0, 0.05) is 16.0 Å². The Labute approximate surface area is 173 Å². The average Bonchev–Trinajstić information content (AvgIpc) is 3.11. The maximum Gasteiger partial charge on any atom is 0.419 e. The topological polar surface area (TPSA) is 57.5 Å². The number of thiophene rings is 1. The van der Waals surface area contributed by atoms with Gasteiger partial charge in [0.25, 0.3) is 0 Å². The third kappa shape index (κ3) is 3.76. The monoisotopic (exact) mass is 428 g/mol. The van der Waals surface area contributed by atoms with Crippen LogP contribution in [0.4, 0.5) is 13.2 Å². The molecule has 1 aromatic heterocycles. The first kappa shape index (κ1) is 20.0. The average molecular weight is 428 g/mol. The number of carbonyl (C=O) groups is 1. The predicted molar refractivity (Wildman–Crippen MR) is 110 cm³/mol. The number of para-hydroxylation sites is 1. The molecule has 0 bridgehead atoms. The first-order chi connectivity index (χ1) is 14.2. The van der Waals surface area contributed by atoms with Crippen molar-refractivity contribution in [3.63, 3.8) is 0 Å². The minimum Gasteiger partial charge on any atom is -0.507 e. The van der Waals surface area contributed by atoms with E-state index in [4.69, 9.17) is 0 Å².